The van der Waals surface area contributed by atoms with Crippen molar-refractivity contribution in [3.63, 3.8) is 0 Å². The Morgan fingerprint density at radius 3 is 2.68 bits per heavy atom. The van der Waals surface area contributed by atoms with Gasteiger partial charge in [0.2, 0.25) is 5.91 Å². The van der Waals surface area contributed by atoms with E-state index in [0.717, 1.165) is 0 Å². The molecule has 0 radical (unpaired) electrons. The van der Waals surface area contributed by atoms with Crippen LogP contribution in [0, 0.1) is 5.82 Å². The molecule has 0 bridgehead atoms. The largest absolute Gasteiger partial charge is 0.416 e. The van der Waals surface area contributed by atoms with Gasteiger partial charge in [-0.05, 0) is 24.3 Å². The van der Waals surface area contributed by atoms with Gasteiger partial charge in [0.25, 0.3) is 0 Å². The van der Waals surface area contributed by atoms with E-state index in [1.54, 1.807) is 0 Å². The van der Waals surface area contributed by atoms with E-state index in [9.17, 15) is 14.0 Å². The number of nitrogens with zero attached hydrogens (tertiary/aromatic N) is 1. The fourth-order valence-electron chi connectivity index (χ4n) is 1.84. The molecule has 6 nitrogen and oxygen atoms in total. The molecule has 1 atom stereocenters. The molecule has 1 saturated heterocycles. The molecular weight excluding hydrogens is 253 g/mol. The van der Waals surface area contributed by atoms with Crippen molar-refractivity contribution < 1.29 is 18.7 Å². The minimum atomic E-state index is -0.735. The molecule has 1 aliphatic rings. The molecule has 1 aromatic carbocycles. The third-order valence-corrected chi connectivity index (χ3v) is 2.83. The summed E-state index contributed by atoms with van der Waals surface area (Å²) in [6.45, 7) is 1.18. The lowest BCUT2D eigenvalue weighted by Crippen LogP contribution is -2.59. The zero-order chi connectivity index (χ0) is 13.8. The average molecular weight is 267 g/mol. The topological polar surface area (TPSA) is 84.7 Å². The zero-order valence-corrected chi connectivity index (χ0v) is 10.1. The highest BCUT2D eigenvalue weighted by Gasteiger charge is 2.31. The maximum atomic E-state index is 12.7. The van der Waals surface area contributed by atoms with E-state index < -0.39 is 23.9 Å². The van der Waals surface area contributed by atoms with Crippen molar-refractivity contribution in [3.8, 4) is 5.75 Å². The summed E-state index contributed by atoms with van der Waals surface area (Å²) in [6, 6.07) is 4.32. The number of ether oxygens (including phenoxy) is 1. The Morgan fingerprint density at radius 2 is 2.05 bits per heavy atom. The lowest BCUT2D eigenvalue weighted by molar-refractivity contribution is -0.123. The smallest absolute Gasteiger partial charge is 0.410 e. The van der Waals surface area contributed by atoms with Crippen molar-refractivity contribution in [2.24, 2.45) is 5.73 Å². The van der Waals surface area contributed by atoms with Crippen LogP contribution in [0.5, 0.6) is 5.75 Å². The Labute approximate surface area is 109 Å². The first-order valence-corrected chi connectivity index (χ1v) is 5.82. The van der Waals surface area contributed by atoms with Gasteiger partial charge in [-0.15, -0.1) is 0 Å². The van der Waals surface area contributed by atoms with Crippen LogP contribution in [0.4, 0.5) is 9.18 Å². The van der Waals surface area contributed by atoms with Gasteiger partial charge in [-0.3, -0.25) is 9.69 Å². The quantitative estimate of drug-likeness (QED) is 0.795. The van der Waals surface area contributed by atoms with Crippen LogP contribution in [0.2, 0.25) is 0 Å². The third-order valence-electron chi connectivity index (χ3n) is 2.83. The third kappa shape index (κ3) is 3.19. The summed E-state index contributed by atoms with van der Waals surface area (Å²) in [4.78, 5) is 24.5. The number of hydrogen-bond donors (Lipinski definition) is 2. The maximum Gasteiger partial charge on any atom is 0.416 e. The molecular formula is C12H14FN3O3. The lowest BCUT2D eigenvalue weighted by Gasteiger charge is -2.33. The number of carbonyl (C=O) groups excluding carboxylic acids is 2. The van der Waals surface area contributed by atoms with Gasteiger partial charge < -0.3 is 15.8 Å². The number of primary amides is 1. The number of rotatable bonds is 2. The average Bonchev–Trinajstić information content (AvgIpc) is 2.41. The summed E-state index contributed by atoms with van der Waals surface area (Å²) >= 11 is 0. The predicted octanol–water partition coefficient (Wildman–Crippen LogP) is 0.0836. The van der Waals surface area contributed by atoms with Gasteiger partial charge in [0.05, 0.1) is 0 Å². The van der Waals surface area contributed by atoms with Crippen LogP contribution >= 0.6 is 0 Å². The van der Waals surface area contributed by atoms with Crippen LogP contribution in [-0.4, -0.2) is 42.6 Å². The minimum Gasteiger partial charge on any atom is -0.410 e. The summed E-state index contributed by atoms with van der Waals surface area (Å²) in [5.74, 6) is -0.798. The molecule has 2 amide bonds. The second-order valence-electron chi connectivity index (χ2n) is 4.14. The minimum absolute atomic E-state index is 0.216. The second kappa shape index (κ2) is 5.66. The molecule has 0 saturated carbocycles. The molecule has 0 aliphatic carbocycles. The van der Waals surface area contributed by atoms with Crippen LogP contribution in [0.15, 0.2) is 24.3 Å². The fourth-order valence-corrected chi connectivity index (χ4v) is 1.84. The first kappa shape index (κ1) is 13.3. The van der Waals surface area contributed by atoms with Gasteiger partial charge >= 0.3 is 6.09 Å². The number of benzene rings is 1. The number of halogens is 1. The van der Waals surface area contributed by atoms with Gasteiger partial charge in [0.15, 0.2) is 0 Å². The van der Waals surface area contributed by atoms with Gasteiger partial charge in [-0.1, -0.05) is 0 Å². The van der Waals surface area contributed by atoms with Gasteiger partial charge in [0.1, 0.15) is 17.6 Å². The summed E-state index contributed by atoms with van der Waals surface area (Å²) in [5, 5.41) is 2.97. The van der Waals surface area contributed by atoms with Crippen LogP contribution in [0.1, 0.15) is 0 Å². The van der Waals surface area contributed by atoms with Crippen molar-refractivity contribution >= 4 is 12.0 Å². The Morgan fingerprint density at radius 1 is 1.37 bits per heavy atom. The first-order chi connectivity index (χ1) is 9.08. The fraction of sp³-hybridized carbons (Fsp3) is 0.333. The number of nitrogens with two attached hydrogens (primary N) is 1. The first-order valence-electron chi connectivity index (χ1n) is 5.82. The molecule has 1 unspecified atom stereocenters. The standard InChI is InChI=1S/C12H14FN3O3/c13-8-1-3-9(4-2-8)19-12(18)16-6-5-15-7-10(16)11(14)17/h1-4,10,15H,5-7H2,(H2,14,17). The van der Waals surface area contributed by atoms with Crippen molar-refractivity contribution in [1.82, 2.24) is 10.2 Å². The summed E-state index contributed by atoms with van der Waals surface area (Å²) < 4.78 is 17.8. The SMILES string of the molecule is NC(=O)C1CNCCN1C(=O)Oc1ccc(F)cc1. The van der Waals surface area contributed by atoms with E-state index in [2.05, 4.69) is 5.32 Å². The molecule has 1 aromatic rings. The lowest BCUT2D eigenvalue weighted by atomic mass is 10.2. The normalized spacial score (nSPS) is 19.0. The Kier molecular flexibility index (Phi) is 3.96. The molecule has 0 spiro atoms. The van der Waals surface area contributed by atoms with Crippen LogP contribution in [-0.2, 0) is 4.79 Å². The highest BCUT2D eigenvalue weighted by atomic mass is 19.1. The summed E-state index contributed by atoms with van der Waals surface area (Å²) in [7, 11) is 0. The summed E-state index contributed by atoms with van der Waals surface area (Å²) in [6.07, 6.45) is -0.670. The van der Waals surface area contributed by atoms with Gasteiger partial charge in [-0.2, -0.15) is 0 Å². The maximum absolute atomic E-state index is 12.7. The molecule has 102 valence electrons. The van der Waals surface area contributed by atoms with E-state index in [4.69, 9.17) is 10.5 Å². The molecule has 1 aliphatic heterocycles. The van der Waals surface area contributed by atoms with Crippen molar-refractivity contribution in [2.75, 3.05) is 19.6 Å². The summed E-state index contributed by atoms with van der Waals surface area (Å²) in [5.41, 5.74) is 5.23. The number of amides is 2. The predicted molar refractivity (Wildman–Crippen MR) is 65.0 cm³/mol. The number of carbonyl (C=O) groups is 2. The number of hydrogen-bond acceptors (Lipinski definition) is 4. The molecule has 3 N–H and O–H groups in total. The highest BCUT2D eigenvalue weighted by molar-refractivity contribution is 5.85. The zero-order valence-electron chi connectivity index (χ0n) is 10.1. The second-order valence-corrected chi connectivity index (χ2v) is 4.14. The highest BCUT2D eigenvalue weighted by Crippen LogP contribution is 2.14. The monoisotopic (exact) mass is 267 g/mol. The molecule has 2 rings (SSSR count). The molecule has 1 heterocycles. The molecule has 0 aromatic heterocycles. The van der Waals surface area contributed by atoms with E-state index >= 15 is 0 Å². The van der Waals surface area contributed by atoms with Crippen LogP contribution in [0.25, 0.3) is 0 Å². The molecule has 1 fully saturated rings. The molecule has 7 heteroatoms. The van der Waals surface area contributed by atoms with Gasteiger partial charge in [0, 0.05) is 19.6 Å². The molecule has 19 heavy (non-hydrogen) atoms. The van der Waals surface area contributed by atoms with Crippen LogP contribution < -0.4 is 15.8 Å². The number of nitrogens with one attached hydrogen (secondary N) is 1. The van der Waals surface area contributed by atoms with E-state index in [1.165, 1.54) is 29.2 Å². The van der Waals surface area contributed by atoms with Crippen molar-refractivity contribution in [1.29, 1.82) is 0 Å². The van der Waals surface area contributed by atoms with Crippen molar-refractivity contribution in [2.45, 2.75) is 6.04 Å². The Bertz CT molecular complexity index is 478. The van der Waals surface area contributed by atoms with Crippen molar-refractivity contribution in [3.05, 3.63) is 30.1 Å². The van der Waals surface area contributed by atoms with E-state index in [1.807, 2.05) is 0 Å². The Balaban J connectivity index is 2.05. The van der Waals surface area contributed by atoms with E-state index in [-0.39, 0.29) is 5.75 Å². The van der Waals surface area contributed by atoms with Crippen LogP contribution in [0.3, 0.4) is 0 Å². The van der Waals surface area contributed by atoms with E-state index in [0.29, 0.717) is 19.6 Å². The van der Waals surface area contributed by atoms with Gasteiger partial charge in [-0.25, -0.2) is 9.18 Å². The number of piperazine rings is 1. The Hall–Kier alpha value is -2.15.